The lowest BCUT2D eigenvalue weighted by atomic mass is 10.1. The van der Waals surface area contributed by atoms with Gasteiger partial charge in [-0.2, -0.15) is 5.26 Å². The molecule has 0 aromatic heterocycles. The first-order valence-electron chi connectivity index (χ1n) is 7.19. The summed E-state index contributed by atoms with van der Waals surface area (Å²) in [6.45, 7) is 1.64. The Balaban J connectivity index is 2.06. The third kappa shape index (κ3) is 4.42. The predicted octanol–water partition coefficient (Wildman–Crippen LogP) is 2.23. The Bertz CT molecular complexity index is 735. The normalized spacial score (nSPS) is 9.74. The van der Waals surface area contributed by atoms with Crippen LogP contribution in [-0.2, 0) is 16.1 Å². The van der Waals surface area contributed by atoms with Crippen molar-refractivity contribution in [3.8, 4) is 6.07 Å². The van der Waals surface area contributed by atoms with Crippen molar-refractivity contribution in [2.45, 2.75) is 13.5 Å². The third-order valence-electron chi connectivity index (χ3n) is 3.33. The number of carbonyl (C=O) groups excluding carboxylic acids is 2. The second-order valence-electron chi connectivity index (χ2n) is 5.00. The molecule has 116 valence electrons. The zero-order valence-corrected chi connectivity index (χ0v) is 12.8. The van der Waals surface area contributed by atoms with Crippen LogP contribution in [-0.4, -0.2) is 18.4 Å². The highest BCUT2D eigenvalue weighted by Gasteiger charge is 2.18. The maximum absolute atomic E-state index is 12.1. The van der Waals surface area contributed by atoms with E-state index in [1.807, 2.05) is 36.4 Å². The minimum Gasteiger partial charge on any atom is -0.350 e. The zero-order valence-electron chi connectivity index (χ0n) is 12.8. The second kappa shape index (κ2) is 7.76. The minimum atomic E-state index is -0.289. The van der Waals surface area contributed by atoms with Crippen LogP contribution < -0.4 is 10.2 Å². The van der Waals surface area contributed by atoms with Crippen molar-refractivity contribution in [2.75, 3.05) is 11.4 Å². The number of anilines is 1. The van der Waals surface area contributed by atoms with Gasteiger partial charge in [-0.05, 0) is 17.7 Å². The van der Waals surface area contributed by atoms with Gasteiger partial charge in [0.2, 0.25) is 11.8 Å². The highest BCUT2D eigenvalue weighted by atomic mass is 16.2. The molecule has 0 fully saturated rings. The van der Waals surface area contributed by atoms with Crippen LogP contribution in [0.4, 0.5) is 5.69 Å². The van der Waals surface area contributed by atoms with E-state index in [1.165, 1.54) is 11.8 Å². The van der Waals surface area contributed by atoms with Gasteiger partial charge in [-0.15, -0.1) is 0 Å². The van der Waals surface area contributed by atoms with Gasteiger partial charge < -0.3 is 10.2 Å². The van der Waals surface area contributed by atoms with E-state index in [2.05, 4.69) is 5.32 Å². The lowest BCUT2D eigenvalue weighted by Crippen LogP contribution is -2.40. The minimum absolute atomic E-state index is 0.124. The summed E-state index contributed by atoms with van der Waals surface area (Å²) in [4.78, 5) is 25.3. The van der Waals surface area contributed by atoms with Crippen LogP contribution in [0.1, 0.15) is 18.1 Å². The standard InChI is InChI=1S/C18H17N3O2/c1-14(22)21(17-10-6-5-9-16(17)11-19)13-18(23)20-12-15-7-3-2-4-8-15/h2-10H,12-13H2,1H3,(H,20,23). The fourth-order valence-electron chi connectivity index (χ4n) is 2.17. The van der Waals surface area contributed by atoms with Crippen molar-refractivity contribution in [1.82, 2.24) is 5.32 Å². The van der Waals surface area contributed by atoms with Crippen LogP contribution in [0.3, 0.4) is 0 Å². The first-order chi connectivity index (χ1) is 11.1. The second-order valence-corrected chi connectivity index (χ2v) is 5.00. The quantitative estimate of drug-likeness (QED) is 0.920. The summed E-state index contributed by atoms with van der Waals surface area (Å²) in [6, 6.07) is 18.3. The first-order valence-corrected chi connectivity index (χ1v) is 7.19. The largest absolute Gasteiger partial charge is 0.350 e. The molecule has 2 rings (SSSR count). The summed E-state index contributed by atoms with van der Waals surface area (Å²) in [6.07, 6.45) is 0. The number of rotatable bonds is 5. The Morgan fingerprint density at radius 3 is 2.39 bits per heavy atom. The number of nitrogens with zero attached hydrogens (tertiary/aromatic N) is 2. The fraction of sp³-hybridized carbons (Fsp3) is 0.167. The number of amides is 2. The van der Waals surface area contributed by atoms with Crippen molar-refractivity contribution in [3.63, 3.8) is 0 Å². The van der Waals surface area contributed by atoms with Gasteiger partial charge in [-0.3, -0.25) is 9.59 Å². The molecule has 0 atom stereocenters. The Labute approximate surface area is 135 Å². The van der Waals surface area contributed by atoms with E-state index in [4.69, 9.17) is 5.26 Å². The van der Waals surface area contributed by atoms with Crippen molar-refractivity contribution < 1.29 is 9.59 Å². The number of hydrogen-bond donors (Lipinski definition) is 1. The Hall–Kier alpha value is -3.13. The number of benzene rings is 2. The molecule has 2 amide bonds. The summed E-state index contributed by atoms with van der Waals surface area (Å²) < 4.78 is 0. The zero-order chi connectivity index (χ0) is 16.7. The highest BCUT2D eigenvalue weighted by molar-refractivity contribution is 5.98. The van der Waals surface area contributed by atoms with Gasteiger partial charge >= 0.3 is 0 Å². The topological polar surface area (TPSA) is 73.2 Å². The van der Waals surface area contributed by atoms with Crippen LogP contribution in [0.15, 0.2) is 54.6 Å². The van der Waals surface area contributed by atoms with Gasteiger partial charge in [0.15, 0.2) is 0 Å². The van der Waals surface area contributed by atoms with Gasteiger partial charge in [-0.25, -0.2) is 0 Å². The van der Waals surface area contributed by atoms with E-state index in [0.29, 0.717) is 17.8 Å². The van der Waals surface area contributed by atoms with E-state index >= 15 is 0 Å². The average Bonchev–Trinajstić information content (AvgIpc) is 2.58. The number of carbonyl (C=O) groups is 2. The molecule has 0 bridgehead atoms. The monoisotopic (exact) mass is 307 g/mol. The number of nitrogens with one attached hydrogen (secondary N) is 1. The van der Waals surface area contributed by atoms with Crippen molar-refractivity contribution in [1.29, 1.82) is 5.26 Å². The van der Waals surface area contributed by atoms with Crippen molar-refractivity contribution >= 4 is 17.5 Å². The molecule has 23 heavy (non-hydrogen) atoms. The molecule has 0 unspecified atom stereocenters. The number of nitriles is 1. The molecule has 0 heterocycles. The molecule has 0 saturated heterocycles. The molecule has 5 nitrogen and oxygen atoms in total. The van der Waals surface area contributed by atoms with Crippen LogP contribution in [0.25, 0.3) is 0 Å². The predicted molar refractivity (Wildman–Crippen MR) is 87.5 cm³/mol. The summed E-state index contributed by atoms with van der Waals surface area (Å²) in [5.41, 5.74) is 1.78. The maximum Gasteiger partial charge on any atom is 0.240 e. The molecule has 0 spiro atoms. The maximum atomic E-state index is 12.1. The lowest BCUT2D eigenvalue weighted by molar-refractivity contribution is -0.123. The lowest BCUT2D eigenvalue weighted by Gasteiger charge is -2.21. The van der Waals surface area contributed by atoms with Crippen LogP contribution in [0.5, 0.6) is 0 Å². The molecular formula is C18H17N3O2. The van der Waals surface area contributed by atoms with E-state index < -0.39 is 0 Å². The molecule has 1 N–H and O–H groups in total. The van der Waals surface area contributed by atoms with Crippen molar-refractivity contribution in [2.24, 2.45) is 0 Å². The molecule has 0 aliphatic rings. The fourth-order valence-corrected chi connectivity index (χ4v) is 2.17. The Morgan fingerprint density at radius 2 is 1.74 bits per heavy atom. The summed E-state index contributed by atoms with van der Waals surface area (Å²) >= 11 is 0. The third-order valence-corrected chi connectivity index (χ3v) is 3.33. The summed E-state index contributed by atoms with van der Waals surface area (Å²) in [5, 5.41) is 11.9. The molecule has 2 aromatic carbocycles. The highest BCUT2D eigenvalue weighted by Crippen LogP contribution is 2.19. The molecular weight excluding hydrogens is 290 g/mol. The SMILES string of the molecule is CC(=O)N(CC(=O)NCc1ccccc1)c1ccccc1C#N. The van der Waals surface area contributed by atoms with Crippen molar-refractivity contribution in [3.05, 3.63) is 65.7 Å². The number of para-hydroxylation sites is 1. The van der Waals surface area contributed by atoms with Gasteiger partial charge in [-0.1, -0.05) is 42.5 Å². The van der Waals surface area contributed by atoms with E-state index in [1.54, 1.807) is 24.3 Å². The number of hydrogen-bond acceptors (Lipinski definition) is 3. The van der Waals surface area contributed by atoms with Gasteiger partial charge in [0.25, 0.3) is 0 Å². The van der Waals surface area contributed by atoms with Gasteiger partial charge in [0.1, 0.15) is 12.6 Å². The first kappa shape index (κ1) is 16.2. The van der Waals surface area contributed by atoms with E-state index in [-0.39, 0.29) is 18.4 Å². The molecule has 0 aliphatic carbocycles. The van der Waals surface area contributed by atoms with E-state index in [9.17, 15) is 9.59 Å². The van der Waals surface area contributed by atoms with Crippen LogP contribution in [0.2, 0.25) is 0 Å². The summed E-state index contributed by atoms with van der Waals surface area (Å²) in [5.74, 6) is -0.570. The molecule has 0 radical (unpaired) electrons. The van der Waals surface area contributed by atoms with E-state index in [0.717, 1.165) is 5.56 Å². The smallest absolute Gasteiger partial charge is 0.240 e. The Kier molecular flexibility index (Phi) is 5.48. The van der Waals surface area contributed by atoms with Gasteiger partial charge in [0, 0.05) is 13.5 Å². The molecule has 5 heteroatoms. The molecule has 0 saturated carbocycles. The van der Waals surface area contributed by atoms with Crippen LogP contribution in [0, 0.1) is 11.3 Å². The van der Waals surface area contributed by atoms with Crippen LogP contribution >= 0.6 is 0 Å². The summed E-state index contributed by atoms with van der Waals surface area (Å²) in [7, 11) is 0. The molecule has 0 aliphatic heterocycles. The molecule has 2 aromatic rings. The Morgan fingerprint density at radius 1 is 1.09 bits per heavy atom. The average molecular weight is 307 g/mol. The van der Waals surface area contributed by atoms with Gasteiger partial charge in [0.05, 0.1) is 11.3 Å².